The molecule has 1 amide bonds. The van der Waals surface area contributed by atoms with Crippen molar-refractivity contribution >= 4 is 22.4 Å². The Morgan fingerprint density at radius 2 is 1.87 bits per heavy atom. The maximum absolute atomic E-state index is 13.4. The Morgan fingerprint density at radius 3 is 2.68 bits per heavy atom. The molecule has 31 heavy (non-hydrogen) atoms. The fraction of sp³-hybridized carbons (Fsp3) is 0.385. The van der Waals surface area contributed by atoms with Gasteiger partial charge in [-0.05, 0) is 55.2 Å². The van der Waals surface area contributed by atoms with Crippen LogP contribution in [0.5, 0.6) is 0 Å². The van der Waals surface area contributed by atoms with E-state index < -0.39 is 0 Å². The number of benzene rings is 1. The van der Waals surface area contributed by atoms with Gasteiger partial charge in [0.05, 0.1) is 0 Å². The van der Waals surface area contributed by atoms with Crippen molar-refractivity contribution in [1.29, 1.82) is 0 Å². The van der Waals surface area contributed by atoms with Crippen molar-refractivity contribution in [2.24, 2.45) is 0 Å². The Kier molecular flexibility index (Phi) is 5.36. The van der Waals surface area contributed by atoms with Crippen molar-refractivity contribution in [3.63, 3.8) is 0 Å². The Balaban J connectivity index is 1.41. The Morgan fingerprint density at radius 1 is 1.06 bits per heavy atom. The van der Waals surface area contributed by atoms with Crippen molar-refractivity contribution < 1.29 is 4.79 Å². The summed E-state index contributed by atoms with van der Waals surface area (Å²) < 4.78 is 2.29. The minimum Gasteiger partial charge on any atom is -0.337 e. The number of hydrogen-bond acceptors (Lipinski definition) is 3. The van der Waals surface area contributed by atoms with Gasteiger partial charge in [0.15, 0.2) is 0 Å². The molecule has 0 atom stereocenters. The number of hydrogen-bond donors (Lipinski definition) is 0. The summed E-state index contributed by atoms with van der Waals surface area (Å²) in [5, 5.41) is 1.30. The number of para-hydroxylation sites is 1. The third kappa shape index (κ3) is 3.79. The smallest absolute Gasteiger partial charge is 0.242 e. The lowest BCUT2D eigenvalue weighted by atomic mass is 10.0. The zero-order valence-corrected chi connectivity index (χ0v) is 18.4. The molecule has 1 aromatic carbocycles. The van der Waals surface area contributed by atoms with Gasteiger partial charge < -0.3 is 9.47 Å². The van der Waals surface area contributed by atoms with E-state index in [-0.39, 0.29) is 5.91 Å². The van der Waals surface area contributed by atoms with Crippen LogP contribution in [0.25, 0.3) is 16.5 Å². The molecule has 2 aromatic heterocycles. The first kappa shape index (κ1) is 20.0. The fourth-order valence-electron chi connectivity index (χ4n) is 5.01. The van der Waals surface area contributed by atoms with Crippen molar-refractivity contribution in [1.82, 2.24) is 19.4 Å². The Bertz CT molecular complexity index is 1130. The van der Waals surface area contributed by atoms with Crippen LogP contribution in [-0.2, 0) is 24.3 Å². The summed E-state index contributed by atoms with van der Waals surface area (Å²) in [7, 11) is 0. The monoisotopic (exact) mass is 414 g/mol. The minimum atomic E-state index is 0.203. The first-order valence-electron chi connectivity index (χ1n) is 11.3. The highest BCUT2D eigenvalue weighted by Crippen LogP contribution is 2.32. The summed E-state index contributed by atoms with van der Waals surface area (Å²) in [5.41, 5.74) is 6.31. The number of rotatable bonds is 4. The van der Waals surface area contributed by atoms with E-state index in [1.165, 1.54) is 27.7 Å². The van der Waals surface area contributed by atoms with Crippen LogP contribution in [0, 0.1) is 0 Å². The predicted octanol–water partition coefficient (Wildman–Crippen LogP) is 4.12. The molecule has 5 rings (SSSR count). The number of fused-ring (bicyclic) bond motifs is 3. The first-order valence-corrected chi connectivity index (χ1v) is 11.3. The van der Waals surface area contributed by atoms with Crippen LogP contribution in [0.15, 0.2) is 54.9 Å². The van der Waals surface area contributed by atoms with Gasteiger partial charge in [0.25, 0.3) is 0 Å². The molecule has 160 valence electrons. The van der Waals surface area contributed by atoms with Gasteiger partial charge in [0.1, 0.15) is 6.54 Å². The summed E-state index contributed by atoms with van der Waals surface area (Å²) in [5.74, 6) is 0.203. The highest BCUT2D eigenvalue weighted by atomic mass is 16.2. The molecule has 0 fully saturated rings. The average Bonchev–Trinajstić information content (AvgIpc) is 3.13. The zero-order chi connectivity index (χ0) is 21.4. The maximum Gasteiger partial charge on any atom is 0.242 e. The highest BCUT2D eigenvalue weighted by molar-refractivity contribution is 5.88. The topological polar surface area (TPSA) is 41.4 Å². The van der Waals surface area contributed by atoms with Crippen molar-refractivity contribution in [2.75, 3.05) is 19.6 Å². The second-order valence-corrected chi connectivity index (χ2v) is 8.91. The molecular weight excluding hydrogens is 384 g/mol. The van der Waals surface area contributed by atoms with Gasteiger partial charge in [-0.2, -0.15) is 0 Å². The minimum absolute atomic E-state index is 0.203. The van der Waals surface area contributed by atoms with Gasteiger partial charge in [0.2, 0.25) is 5.91 Å². The lowest BCUT2D eigenvalue weighted by Crippen LogP contribution is -2.39. The van der Waals surface area contributed by atoms with Crippen molar-refractivity contribution in [3.8, 4) is 0 Å². The summed E-state index contributed by atoms with van der Waals surface area (Å²) in [4.78, 5) is 22.1. The van der Waals surface area contributed by atoms with Crippen LogP contribution in [0.1, 0.15) is 37.1 Å². The summed E-state index contributed by atoms with van der Waals surface area (Å²) in [6.07, 6.45) is 7.78. The van der Waals surface area contributed by atoms with E-state index in [1.807, 2.05) is 29.4 Å². The lowest BCUT2D eigenvalue weighted by Gasteiger charge is -2.32. The van der Waals surface area contributed by atoms with Crippen LogP contribution in [0.2, 0.25) is 0 Å². The SMILES string of the molecule is CC(C)N1CCc2c(c3ccccc3n2CC(=O)N2CCC=C(c3ccncc3)C2)C1. The van der Waals surface area contributed by atoms with E-state index in [0.717, 1.165) is 38.0 Å². The number of carbonyl (C=O) groups excluding carboxylic acids is 1. The molecule has 0 radical (unpaired) electrons. The Labute approximate surface area is 184 Å². The molecule has 0 saturated heterocycles. The van der Waals surface area contributed by atoms with E-state index in [2.05, 4.69) is 58.6 Å². The molecule has 4 heterocycles. The van der Waals surface area contributed by atoms with Crippen LogP contribution >= 0.6 is 0 Å². The molecule has 0 N–H and O–H groups in total. The summed E-state index contributed by atoms with van der Waals surface area (Å²) in [6.45, 7) is 8.42. The summed E-state index contributed by atoms with van der Waals surface area (Å²) >= 11 is 0. The molecule has 0 spiro atoms. The molecule has 2 aliphatic heterocycles. The zero-order valence-electron chi connectivity index (χ0n) is 18.4. The molecular formula is C26H30N4O. The number of aromatic nitrogens is 2. The maximum atomic E-state index is 13.4. The molecule has 5 heteroatoms. The summed E-state index contributed by atoms with van der Waals surface area (Å²) in [6, 6.07) is 13.2. The van der Waals surface area contributed by atoms with Crippen molar-refractivity contribution in [3.05, 3.63) is 71.7 Å². The second kappa shape index (κ2) is 8.31. The van der Waals surface area contributed by atoms with Gasteiger partial charge in [-0.25, -0.2) is 0 Å². The molecule has 0 bridgehead atoms. The highest BCUT2D eigenvalue weighted by Gasteiger charge is 2.27. The normalized spacial score (nSPS) is 17.1. The molecule has 3 aromatic rings. The predicted molar refractivity (Wildman–Crippen MR) is 125 cm³/mol. The largest absolute Gasteiger partial charge is 0.337 e. The van der Waals surface area contributed by atoms with E-state index >= 15 is 0 Å². The van der Waals surface area contributed by atoms with Crippen LogP contribution in [0.3, 0.4) is 0 Å². The van der Waals surface area contributed by atoms with E-state index in [9.17, 15) is 4.79 Å². The first-order chi connectivity index (χ1) is 15.1. The molecule has 2 aliphatic rings. The quantitative estimate of drug-likeness (QED) is 0.645. The molecule has 0 aliphatic carbocycles. The Hall–Kier alpha value is -2.92. The third-order valence-corrected chi connectivity index (χ3v) is 6.77. The molecule has 0 saturated carbocycles. The van der Waals surface area contributed by atoms with Gasteiger partial charge in [0, 0.05) is 67.6 Å². The molecule has 0 unspecified atom stereocenters. The van der Waals surface area contributed by atoms with E-state index in [4.69, 9.17) is 0 Å². The molecule has 5 nitrogen and oxygen atoms in total. The van der Waals surface area contributed by atoms with Gasteiger partial charge >= 0.3 is 0 Å². The van der Waals surface area contributed by atoms with Crippen LogP contribution < -0.4 is 0 Å². The number of carbonyl (C=O) groups is 1. The lowest BCUT2D eigenvalue weighted by molar-refractivity contribution is -0.131. The van der Waals surface area contributed by atoms with E-state index in [1.54, 1.807) is 0 Å². The van der Waals surface area contributed by atoms with Crippen LogP contribution in [-0.4, -0.2) is 50.9 Å². The number of pyridine rings is 1. The standard InChI is InChI=1S/C26H30N4O/c1-19(2)28-15-11-25-23(17-28)22-7-3-4-8-24(22)30(25)18-26(31)29-14-5-6-21(16-29)20-9-12-27-13-10-20/h3-4,6-10,12-13,19H,5,11,14-18H2,1-2H3. The van der Waals surface area contributed by atoms with Gasteiger partial charge in [-0.1, -0.05) is 24.3 Å². The third-order valence-electron chi connectivity index (χ3n) is 6.77. The van der Waals surface area contributed by atoms with Gasteiger partial charge in [-0.3, -0.25) is 14.7 Å². The van der Waals surface area contributed by atoms with Crippen molar-refractivity contribution in [2.45, 2.75) is 45.8 Å². The van der Waals surface area contributed by atoms with Gasteiger partial charge in [-0.15, -0.1) is 0 Å². The average molecular weight is 415 g/mol. The number of nitrogens with zero attached hydrogens (tertiary/aromatic N) is 4. The van der Waals surface area contributed by atoms with Crippen LogP contribution in [0.4, 0.5) is 0 Å². The number of amides is 1. The fourth-order valence-corrected chi connectivity index (χ4v) is 5.01. The van der Waals surface area contributed by atoms with E-state index in [0.29, 0.717) is 19.1 Å². The second-order valence-electron chi connectivity index (χ2n) is 8.91.